The van der Waals surface area contributed by atoms with Crippen molar-refractivity contribution in [2.24, 2.45) is 0 Å². The molecule has 37 heavy (non-hydrogen) atoms. The zero-order valence-corrected chi connectivity index (χ0v) is 21.1. The van der Waals surface area contributed by atoms with Gasteiger partial charge in [-0.3, -0.25) is 24.0 Å². The molecule has 1 heterocycles. The van der Waals surface area contributed by atoms with E-state index in [0.29, 0.717) is 18.6 Å². The fraction of sp³-hybridized carbons (Fsp3) is 0.423. The van der Waals surface area contributed by atoms with Gasteiger partial charge in [0.05, 0.1) is 12.7 Å². The highest BCUT2D eigenvalue weighted by molar-refractivity contribution is 5.70. The molecule has 4 atom stereocenters. The summed E-state index contributed by atoms with van der Waals surface area (Å²) in [4.78, 5) is 61.1. The van der Waals surface area contributed by atoms with Gasteiger partial charge in [0.1, 0.15) is 11.5 Å². The van der Waals surface area contributed by atoms with E-state index in [1.54, 1.807) is 19.2 Å². The van der Waals surface area contributed by atoms with E-state index in [0.717, 1.165) is 33.3 Å². The van der Waals surface area contributed by atoms with Crippen LogP contribution in [-0.4, -0.2) is 43.2 Å². The molecular formula is C26H28O11. The molecule has 0 N–H and O–H groups in total. The minimum Gasteiger partial charge on any atom is -0.497 e. The Balaban J connectivity index is 2.11. The maximum Gasteiger partial charge on any atom is 0.303 e. The zero-order valence-electron chi connectivity index (χ0n) is 21.1. The lowest BCUT2D eigenvalue weighted by Crippen LogP contribution is -2.50. The Morgan fingerprint density at radius 1 is 0.757 bits per heavy atom. The lowest BCUT2D eigenvalue weighted by Gasteiger charge is -2.39. The zero-order chi connectivity index (χ0) is 27.3. The lowest BCUT2D eigenvalue weighted by atomic mass is 9.86. The van der Waals surface area contributed by atoms with E-state index in [2.05, 4.69) is 0 Å². The summed E-state index contributed by atoms with van der Waals surface area (Å²) in [6.07, 6.45) is -5.05. The van der Waals surface area contributed by atoms with E-state index < -0.39 is 53.7 Å². The second-order valence-corrected chi connectivity index (χ2v) is 8.41. The molecule has 0 saturated carbocycles. The fourth-order valence-electron chi connectivity index (χ4n) is 4.15. The molecule has 198 valence electrons. The molecule has 0 bridgehead atoms. The van der Waals surface area contributed by atoms with Crippen LogP contribution in [0, 0.1) is 0 Å². The molecule has 0 fully saturated rings. The van der Waals surface area contributed by atoms with Crippen LogP contribution in [0.1, 0.15) is 62.6 Å². The number of rotatable bonds is 8. The van der Waals surface area contributed by atoms with Crippen molar-refractivity contribution < 1.29 is 47.3 Å². The number of hydrogen-bond donors (Lipinski definition) is 0. The number of ether oxygens (including phenoxy) is 5. The van der Waals surface area contributed by atoms with E-state index in [-0.39, 0.29) is 17.1 Å². The molecule has 11 heteroatoms. The van der Waals surface area contributed by atoms with Gasteiger partial charge in [-0.05, 0) is 24.1 Å². The standard InChI is InChI=1S/C26H28O11/c1-13(27)33-22-21-20(31)12-19(11-8-17-6-9-18(32-5)10-7-17)37-23(21)25(35-15(3)29)26(36-16(4)30)24(22)34-14(2)28/h6-7,9-10,12,22,24-26H,8,11H2,1-5H3/t22?,24-,25?,26-/m1/s1. The van der Waals surface area contributed by atoms with Gasteiger partial charge in [-0.25, -0.2) is 0 Å². The number of carbonyl (C=O) groups excluding carboxylic acids is 4. The highest BCUT2D eigenvalue weighted by Crippen LogP contribution is 2.43. The van der Waals surface area contributed by atoms with Gasteiger partial charge < -0.3 is 28.1 Å². The third kappa shape index (κ3) is 6.75. The third-order valence-corrected chi connectivity index (χ3v) is 5.54. The molecule has 1 aliphatic carbocycles. The van der Waals surface area contributed by atoms with Crippen LogP contribution >= 0.6 is 0 Å². The predicted octanol–water partition coefficient (Wildman–Crippen LogP) is 2.52. The third-order valence-electron chi connectivity index (χ3n) is 5.54. The number of aryl methyl sites for hydroxylation is 2. The molecule has 1 aromatic heterocycles. The summed E-state index contributed by atoms with van der Waals surface area (Å²) in [7, 11) is 1.56. The Morgan fingerprint density at radius 2 is 1.27 bits per heavy atom. The van der Waals surface area contributed by atoms with Crippen molar-refractivity contribution in [1.82, 2.24) is 0 Å². The summed E-state index contributed by atoms with van der Waals surface area (Å²) in [6.45, 7) is 4.42. The molecular weight excluding hydrogens is 488 g/mol. The maximum atomic E-state index is 13.3. The van der Waals surface area contributed by atoms with Crippen molar-refractivity contribution in [3.63, 3.8) is 0 Å². The van der Waals surface area contributed by atoms with Gasteiger partial charge in [-0.2, -0.15) is 0 Å². The number of methoxy groups -OCH3 is 1. The Morgan fingerprint density at radius 3 is 1.78 bits per heavy atom. The lowest BCUT2D eigenvalue weighted by molar-refractivity contribution is -0.207. The molecule has 1 aromatic carbocycles. The van der Waals surface area contributed by atoms with E-state index in [1.807, 2.05) is 12.1 Å². The molecule has 2 aromatic rings. The second-order valence-electron chi connectivity index (χ2n) is 8.41. The first-order valence-electron chi connectivity index (χ1n) is 11.5. The maximum absolute atomic E-state index is 13.3. The van der Waals surface area contributed by atoms with Crippen LogP contribution in [0.4, 0.5) is 0 Å². The van der Waals surface area contributed by atoms with Gasteiger partial charge in [-0.15, -0.1) is 0 Å². The minimum atomic E-state index is -1.48. The molecule has 0 aliphatic heterocycles. The topological polar surface area (TPSA) is 145 Å². The molecule has 11 nitrogen and oxygen atoms in total. The average Bonchev–Trinajstić information content (AvgIpc) is 2.81. The highest BCUT2D eigenvalue weighted by Gasteiger charge is 2.53. The summed E-state index contributed by atoms with van der Waals surface area (Å²) in [5.74, 6) is -2.36. The van der Waals surface area contributed by atoms with Crippen molar-refractivity contribution in [2.45, 2.75) is 65.0 Å². The summed E-state index contributed by atoms with van der Waals surface area (Å²) < 4.78 is 32.6. The summed E-state index contributed by atoms with van der Waals surface area (Å²) in [5, 5.41) is 0. The van der Waals surface area contributed by atoms with Crippen LogP contribution in [0.15, 0.2) is 39.5 Å². The number of carbonyl (C=O) groups is 4. The van der Waals surface area contributed by atoms with Gasteiger partial charge in [-0.1, -0.05) is 12.1 Å². The van der Waals surface area contributed by atoms with Crippen molar-refractivity contribution in [1.29, 1.82) is 0 Å². The first-order chi connectivity index (χ1) is 17.5. The summed E-state index contributed by atoms with van der Waals surface area (Å²) in [5.41, 5.74) is 0.181. The molecule has 0 amide bonds. The molecule has 0 radical (unpaired) electrons. The summed E-state index contributed by atoms with van der Waals surface area (Å²) in [6, 6.07) is 8.58. The number of fused-ring (bicyclic) bond motifs is 1. The quantitative estimate of drug-likeness (QED) is 0.377. The normalized spacial score (nSPS) is 20.2. The Labute approximate surface area is 212 Å². The monoisotopic (exact) mass is 516 g/mol. The average molecular weight is 516 g/mol. The van der Waals surface area contributed by atoms with Crippen LogP contribution in [0.3, 0.4) is 0 Å². The van der Waals surface area contributed by atoms with Gasteiger partial charge in [0.25, 0.3) is 0 Å². The highest BCUT2D eigenvalue weighted by atomic mass is 16.6. The minimum absolute atomic E-state index is 0.159. The van der Waals surface area contributed by atoms with Gasteiger partial charge in [0.15, 0.2) is 29.5 Å². The van der Waals surface area contributed by atoms with Crippen molar-refractivity contribution >= 4 is 23.9 Å². The smallest absolute Gasteiger partial charge is 0.303 e. The predicted molar refractivity (Wildman–Crippen MR) is 126 cm³/mol. The first kappa shape index (κ1) is 27.4. The van der Waals surface area contributed by atoms with E-state index >= 15 is 0 Å². The van der Waals surface area contributed by atoms with Crippen molar-refractivity contribution in [3.05, 3.63) is 63.2 Å². The molecule has 0 spiro atoms. The van der Waals surface area contributed by atoms with E-state index in [9.17, 15) is 24.0 Å². The summed E-state index contributed by atoms with van der Waals surface area (Å²) >= 11 is 0. The molecule has 3 rings (SSSR count). The number of hydrogen-bond acceptors (Lipinski definition) is 11. The molecule has 0 saturated heterocycles. The van der Waals surface area contributed by atoms with Crippen LogP contribution in [-0.2, 0) is 51.0 Å². The second kappa shape index (κ2) is 11.7. The Bertz CT molecular complexity index is 1230. The van der Waals surface area contributed by atoms with E-state index in [4.69, 9.17) is 28.1 Å². The fourth-order valence-corrected chi connectivity index (χ4v) is 4.15. The van der Waals surface area contributed by atoms with Crippen molar-refractivity contribution in [2.75, 3.05) is 7.11 Å². The van der Waals surface area contributed by atoms with Crippen LogP contribution in [0.5, 0.6) is 5.75 Å². The van der Waals surface area contributed by atoms with Gasteiger partial charge in [0, 0.05) is 40.2 Å². The number of esters is 4. The molecule has 2 unspecified atom stereocenters. The van der Waals surface area contributed by atoms with Gasteiger partial charge in [0.2, 0.25) is 6.10 Å². The van der Waals surface area contributed by atoms with Crippen LogP contribution in [0.2, 0.25) is 0 Å². The molecule has 1 aliphatic rings. The SMILES string of the molecule is COc1ccc(CCc2cc(=O)c3c(o2)C(OC(C)=O)[C@H](OC(C)=O)[C@H](OC(C)=O)C3OC(C)=O)cc1. The van der Waals surface area contributed by atoms with Crippen LogP contribution in [0.25, 0.3) is 0 Å². The van der Waals surface area contributed by atoms with Gasteiger partial charge >= 0.3 is 23.9 Å². The Hall–Kier alpha value is -4.15. The number of benzene rings is 1. The van der Waals surface area contributed by atoms with Crippen LogP contribution < -0.4 is 10.2 Å². The Kier molecular flexibility index (Phi) is 8.69. The first-order valence-corrected chi connectivity index (χ1v) is 11.5. The largest absolute Gasteiger partial charge is 0.497 e. The van der Waals surface area contributed by atoms with E-state index in [1.165, 1.54) is 6.07 Å². The van der Waals surface area contributed by atoms with Crippen molar-refractivity contribution in [3.8, 4) is 5.75 Å².